The fourth-order valence-corrected chi connectivity index (χ4v) is 4.57. The van der Waals surface area contributed by atoms with Crippen LogP contribution in [0.3, 0.4) is 0 Å². The highest BCUT2D eigenvalue weighted by Gasteiger charge is 2.33. The Morgan fingerprint density at radius 3 is 2.53 bits per heavy atom. The molecule has 5 aromatic rings. The first kappa shape index (κ1) is 21.7. The van der Waals surface area contributed by atoms with Gasteiger partial charge < -0.3 is 24.1 Å². The molecule has 1 aliphatic heterocycles. The van der Waals surface area contributed by atoms with Gasteiger partial charge in [-0.15, -0.1) is 0 Å². The van der Waals surface area contributed by atoms with Gasteiger partial charge in [0.15, 0.2) is 5.82 Å². The minimum absolute atomic E-state index is 0.0270. The molecule has 3 heterocycles. The van der Waals surface area contributed by atoms with Gasteiger partial charge in [0.05, 0.1) is 5.56 Å². The Bertz CT molecular complexity index is 1750. The van der Waals surface area contributed by atoms with Crippen LogP contribution in [-0.4, -0.2) is 29.2 Å². The number of phenolic OH excluding ortho intramolecular Hbond substituents is 1. The molecular weight excluding hydrogens is 458 g/mol. The number of hydrogen-bond acceptors (Lipinski definition) is 7. The lowest BCUT2D eigenvalue weighted by molar-refractivity contribution is 0.421. The van der Waals surface area contributed by atoms with Gasteiger partial charge in [-0.3, -0.25) is 4.79 Å². The number of nitrogens with one attached hydrogen (secondary N) is 1. The van der Waals surface area contributed by atoms with Gasteiger partial charge in [-0.05, 0) is 35.9 Å². The highest BCUT2D eigenvalue weighted by atomic mass is 16.5. The van der Waals surface area contributed by atoms with E-state index in [1.807, 2.05) is 49.3 Å². The third kappa shape index (κ3) is 3.51. The molecule has 2 N–H and O–H groups in total. The molecule has 6 rings (SSSR count). The minimum Gasteiger partial charge on any atom is -0.508 e. The summed E-state index contributed by atoms with van der Waals surface area (Å²) in [6.45, 7) is 0. The van der Waals surface area contributed by atoms with E-state index in [-0.39, 0.29) is 23.0 Å². The lowest BCUT2D eigenvalue weighted by Gasteiger charge is -2.27. The first-order valence-corrected chi connectivity index (χ1v) is 11.3. The van der Waals surface area contributed by atoms with Crippen molar-refractivity contribution in [1.29, 1.82) is 0 Å². The molecule has 3 aromatic carbocycles. The van der Waals surface area contributed by atoms with Gasteiger partial charge in [0, 0.05) is 42.7 Å². The molecule has 0 amide bonds. The van der Waals surface area contributed by atoms with E-state index < -0.39 is 17.1 Å². The Morgan fingerprint density at radius 2 is 1.75 bits per heavy atom. The maximum absolute atomic E-state index is 13.5. The second-order valence-corrected chi connectivity index (χ2v) is 8.86. The average molecular weight is 479 g/mol. The van der Waals surface area contributed by atoms with E-state index in [0.717, 1.165) is 16.8 Å². The molecule has 1 atom stereocenters. The van der Waals surface area contributed by atoms with Gasteiger partial charge in [0.2, 0.25) is 5.88 Å². The van der Waals surface area contributed by atoms with Crippen LogP contribution in [0.4, 0.5) is 5.69 Å². The molecule has 1 unspecified atom stereocenters. The Morgan fingerprint density at radius 1 is 0.972 bits per heavy atom. The summed E-state index contributed by atoms with van der Waals surface area (Å²) < 4.78 is 11.4. The lowest BCUT2D eigenvalue weighted by atomic mass is 9.84. The number of ether oxygens (including phenoxy) is 1. The lowest BCUT2D eigenvalue weighted by Crippen LogP contribution is -2.25. The molecule has 0 saturated heterocycles. The molecule has 2 aromatic heterocycles. The van der Waals surface area contributed by atoms with Crippen LogP contribution in [0, 0.1) is 0 Å². The highest BCUT2D eigenvalue weighted by Crippen LogP contribution is 2.46. The molecule has 8 nitrogen and oxygen atoms in total. The number of fused-ring (bicyclic) bond motifs is 3. The van der Waals surface area contributed by atoms with Crippen LogP contribution in [0.5, 0.6) is 17.4 Å². The van der Waals surface area contributed by atoms with Gasteiger partial charge in [-0.2, -0.15) is 4.98 Å². The van der Waals surface area contributed by atoms with Crippen LogP contribution in [0.15, 0.2) is 86.8 Å². The summed E-state index contributed by atoms with van der Waals surface area (Å²) in [5.41, 5.74) is 2.43. The van der Waals surface area contributed by atoms with Crippen molar-refractivity contribution in [2.24, 2.45) is 0 Å². The minimum atomic E-state index is -0.624. The van der Waals surface area contributed by atoms with Crippen molar-refractivity contribution in [2.45, 2.75) is 5.92 Å². The number of benzene rings is 3. The van der Waals surface area contributed by atoms with Crippen LogP contribution in [0.1, 0.15) is 22.6 Å². The maximum atomic E-state index is 13.5. The third-order valence-electron chi connectivity index (χ3n) is 6.36. The molecule has 0 radical (unpaired) electrons. The standard InChI is InChI=1S/C28H21N3O5/c1-31(2)17-9-7-15(8-10-17)23-19-12-11-18(32)14-22(19)35-27-24(23)26(33)29-25(30-27)20-13-16-5-3-4-6-21(16)36-28(20)34/h3-14,23,32H,1-2H3,(H,29,30,33). The zero-order valence-corrected chi connectivity index (χ0v) is 19.5. The number of hydrogen-bond donors (Lipinski definition) is 2. The largest absolute Gasteiger partial charge is 0.508 e. The van der Waals surface area contributed by atoms with Crippen molar-refractivity contribution in [3.05, 3.63) is 110 Å². The van der Waals surface area contributed by atoms with Gasteiger partial charge in [-0.1, -0.05) is 36.4 Å². The van der Waals surface area contributed by atoms with Crippen molar-refractivity contribution in [3.8, 4) is 28.8 Å². The molecule has 8 heteroatoms. The quantitative estimate of drug-likeness (QED) is 0.357. The van der Waals surface area contributed by atoms with Gasteiger partial charge >= 0.3 is 5.63 Å². The van der Waals surface area contributed by atoms with E-state index in [9.17, 15) is 14.7 Å². The van der Waals surface area contributed by atoms with Crippen molar-refractivity contribution < 1.29 is 14.3 Å². The number of anilines is 1. The van der Waals surface area contributed by atoms with Crippen LogP contribution < -0.4 is 20.8 Å². The number of H-pyrrole nitrogens is 1. The van der Waals surface area contributed by atoms with Crippen molar-refractivity contribution in [1.82, 2.24) is 9.97 Å². The van der Waals surface area contributed by atoms with E-state index in [4.69, 9.17) is 9.15 Å². The fraction of sp³-hybridized carbons (Fsp3) is 0.107. The number of para-hydroxylation sites is 1. The summed E-state index contributed by atoms with van der Waals surface area (Å²) in [5.74, 6) is 0.0430. The predicted molar refractivity (Wildman–Crippen MR) is 136 cm³/mol. The molecule has 36 heavy (non-hydrogen) atoms. The summed E-state index contributed by atoms with van der Waals surface area (Å²) in [4.78, 5) is 35.5. The summed E-state index contributed by atoms with van der Waals surface area (Å²) in [5, 5.41) is 10.8. The number of phenols is 1. The molecule has 1 aliphatic rings. The normalized spacial score (nSPS) is 14.1. The fourth-order valence-electron chi connectivity index (χ4n) is 4.57. The van der Waals surface area contributed by atoms with Crippen LogP contribution in [0.25, 0.3) is 22.4 Å². The molecule has 0 fully saturated rings. The Balaban J connectivity index is 1.55. The zero-order chi connectivity index (χ0) is 25.0. The number of aromatic amines is 1. The van der Waals surface area contributed by atoms with E-state index >= 15 is 0 Å². The van der Waals surface area contributed by atoms with E-state index in [1.165, 1.54) is 6.07 Å². The topological polar surface area (TPSA) is 109 Å². The van der Waals surface area contributed by atoms with E-state index in [1.54, 1.807) is 36.4 Å². The van der Waals surface area contributed by atoms with E-state index in [2.05, 4.69) is 9.97 Å². The van der Waals surface area contributed by atoms with Gasteiger partial charge in [0.25, 0.3) is 5.56 Å². The second kappa shape index (κ2) is 8.13. The SMILES string of the molecule is CN(C)c1ccc(C2c3ccc(O)cc3Oc3nc(-c4cc5ccccc5oc4=O)[nH]c(=O)c32)cc1. The molecular formula is C28H21N3O5. The second-order valence-electron chi connectivity index (χ2n) is 8.86. The number of rotatable bonds is 3. The molecule has 178 valence electrons. The predicted octanol–water partition coefficient (Wildman–Crippen LogP) is 4.60. The Labute approximate surface area is 205 Å². The summed E-state index contributed by atoms with van der Waals surface area (Å²) in [6, 6.07) is 21.4. The van der Waals surface area contributed by atoms with Crippen molar-refractivity contribution in [3.63, 3.8) is 0 Å². The summed E-state index contributed by atoms with van der Waals surface area (Å²) >= 11 is 0. The maximum Gasteiger partial charge on any atom is 0.347 e. The Hall–Kier alpha value is -4.85. The molecule has 0 bridgehead atoms. The number of nitrogens with zero attached hydrogens (tertiary/aromatic N) is 2. The van der Waals surface area contributed by atoms with E-state index in [0.29, 0.717) is 22.3 Å². The number of aromatic hydroxyl groups is 1. The Kier molecular flexibility index (Phi) is 4.89. The molecule has 0 saturated carbocycles. The molecule has 0 spiro atoms. The van der Waals surface area contributed by atoms with Crippen LogP contribution in [-0.2, 0) is 0 Å². The molecule has 0 aliphatic carbocycles. The summed E-state index contributed by atoms with van der Waals surface area (Å²) in [6.07, 6.45) is 0. The van der Waals surface area contributed by atoms with Gasteiger partial charge in [0.1, 0.15) is 22.6 Å². The van der Waals surface area contributed by atoms with Crippen molar-refractivity contribution >= 4 is 16.7 Å². The first-order valence-electron chi connectivity index (χ1n) is 11.3. The average Bonchev–Trinajstić information content (AvgIpc) is 2.86. The zero-order valence-electron chi connectivity index (χ0n) is 19.5. The smallest absolute Gasteiger partial charge is 0.347 e. The van der Waals surface area contributed by atoms with Crippen LogP contribution in [0.2, 0.25) is 0 Å². The summed E-state index contributed by atoms with van der Waals surface area (Å²) in [7, 11) is 3.91. The first-order chi connectivity index (χ1) is 17.4. The highest BCUT2D eigenvalue weighted by molar-refractivity contribution is 5.80. The van der Waals surface area contributed by atoms with Gasteiger partial charge in [-0.25, -0.2) is 4.79 Å². The number of aromatic nitrogens is 2. The van der Waals surface area contributed by atoms with Crippen LogP contribution >= 0.6 is 0 Å². The third-order valence-corrected chi connectivity index (χ3v) is 6.36. The monoisotopic (exact) mass is 479 g/mol. The van der Waals surface area contributed by atoms with Crippen molar-refractivity contribution in [2.75, 3.05) is 19.0 Å².